The molecule has 0 spiro atoms. The van der Waals surface area contributed by atoms with Gasteiger partial charge in [0.15, 0.2) is 0 Å². The van der Waals surface area contributed by atoms with Gasteiger partial charge in [0.1, 0.15) is 0 Å². The van der Waals surface area contributed by atoms with E-state index in [0.29, 0.717) is 5.38 Å². The summed E-state index contributed by atoms with van der Waals surface area (Å²) in [5.41, 5.74) is 2.21. The van der Waals surface area contributed by atoms with Crippen LogP contribution in [0.2, 0.25) is 63.0 Å². The Kier molecular flexibility index (Phi) is 6.36. The zero-order chi connectivity index (χ0) is 19.3. The van der Waals surface area contributed by atoms with E-state index in [0.717, 1.165) is 28.8 Å². The van der Waals surface area contributed by atoms with Crippen LogP contribution in [-0.4, -0.2) is 28.6 Å². The average molecular weight is 429 g/mol. The molecule has 0 heterocycles. The van der Waals surface area contributed by atoms with Gasteiger partial charge >= 0.3 is 0 Å². The molecule has 0 amide bonds. The minimum absolute atomic E-state index is 0.501. The van der Waals surface area contributed by atoms with E-state index in [1.165, 1.54) is 32.1 Å². The van der Waals surface area contributed by atoms with E-state index in [2.05, 4.69) is 45.8 Å². The Hall–Kier alpha value is 0.941. The van der Waals surface area contributed by atoms with E-state index in [4.69, 9.17) is 11.6 Å². The number of fused-ring (bicyclic) bond motifs is 1. The van der Waals surface area contributed by atoms with Crippen molar-refractivity contribution in [1.82, 2.24) is 0 Å². The maximum absolute atomic E-state index is 6.79. The van der Waals surface area contributed by atoms with Gasteiger partial charge in [0.25, 0.3) is 0 Å². The Balaban J connectivity index is 1.72. The van der Waals surface area contributed by atoms with Gasteiger partial charge in [-0.05, 0) is 41.7 Å². The summed E-state index contributed by atoms with van der Waals surface area (Å²) in [6.45, 7) is 19.0. The molecule has 0 aromatic heterocycles. The molecule has 26 heavy (non-hydrogen) atoms. The van der Waals surface area contributed by atoms with E-state index in [1.807, 2.05) is 0 Å². The third kappa shape index (κ3) is 4.11. The number of halogens is 1. The smallest absolute Gasteiger partial charge is 0.0448 e. The minimum Gasteiger partial charge on any atom is -0.123 e. The van der Waals surface area contributed by atoms with Crippen LogP contribution >= 0.6 is 11.6 Å². The molecule has 6 atom stereocenters. The lowest BCUT2D eigenvalue weighted by Crippen LogP contribution is -2.61. The quantitative estimate of drug-likeness (QED) is 0.305. The molecular formula is C22H45ClSi3. The molecule has 0 aromatic rings. The van der Waals surface area contributed by atoms with Crippen molar-refractivity contribution < 1.29 is 0 Å². The summed E-state index contributed by atoms with van der Waals surface area (Å²) >= 11 is 6.79. The fourth-order valence-corrected chi connectivity index (χ4v) is 24.1. The van der Waals surface area contributed by atoms with Gasteiger partial charge in [0.05, 0.1) is 0 Å². The average Bonchev–Trinajstić information content (AvgIpc) is 3.13. The van der Waals surface area contributed by atoms with Crippen LogP contribution in [0.15, 0.2) is 0 Å². The van der Waals surface area contributed by atoms with Crippen molar-refractivity contribution >= 4 is 34.9 Å². The lowest BCUT2D eigenvalue weighted by Gasteiger charge is -2.50. The molecule has 0 radical (unpaired) electrons. The van der Waals surface area contributed by atoms with Crippen molar-refractivity contribution in [1.29, 1.82) is 0 Å². The summed E-state index contributed by atoms with van der Waals surface area (Å²) in [5, 5.41) is 0.501. The second kappa shape index (κ2) is 7.65. The lowest BCUT2D eigenvalue weighted by molar-refractivity contribution is 0.281. The van der Waals surface area contributed by atoms with Gasteiger partial charge < -0.3 is 0 Å². The minimum atomic E-state index is -1.20. The predicted octanol–water partition coefficient (Wildman–Crippen LogP) is 8.18. The van der Waals surface area contributed by atoms with Gasteiger partial charge in [-0.25, -0.2) is 0 Å². The highest BCUT2D eigenvalue weighted by Crippen LogP contribution is 2.58. The van der Waals surface area contributed by atoms with Gasteiger partial charge in [0.2, 0.25) is 0 Å². The zero-order valence-electron chi connectivity index (χ0n) is 18.7. The van der Waals surface area contributed by atoms with Crippen LogP contribution in [0.1, 0.15) is 51.4 Å². The van der Waals surface area contributed by atoms with Crippen molar-refractivity contribution in [2.75, 3.05) is 0 Å². The van der Waals surface area contributed by atoms with Crippen LogP contribution in [0.4, 0.5) is 0 Å². The first-order chi connectivity index (χ1) is 11.9. The fraction of sp³-hybridized carbons (Fsp3) is 1.00. The molecule has 0 aliphatic heterocycles. The first-order valence-corrected chi connectivity index (χ1v) is 22.9. The summed E-state index contributed by atoms with van der Waals surface area (Å²) in [6, 6.07) is 1.58. The van der Waals surface area contributed by atoms with E-state index in [9.17, 15) is 0 Å². The monoisotopic (exact) mass is 428 g/mol. The first kappa shape index (κ1) is 21.6. The molecular weight excluding hydrogens is 384 g/mol. The van der Waals surface area contributed by atoms with Gasteiger partial charge in [-0.2, -0.15) is 0 Å². The molecule has 3 aliphatic carbocycles. The second-order valence-corrected chi connectivity index (χ2v) is 34.8. The van der Waals surface area contributed by atoms with Crippen LogP contribution in [0.5, 0.6) is 0 Å². The summed E-state index contributed by atoms with van der Waals surface area (Å²) in [5.74, 6) is 2.94. The standard InChI is InChI=1S/C22H45ClSi3/c1-24(2,3)16-17-11-12-18(15-17)25(4,5)26(6,7)22-14-13-19-20(22)9-8-10-21(19)23/h17-22H,8-16H2,1-7H3. The van der Waals surface area contributed by atoms with Gasteiger partial charge in [-0.3, -0.25) is 0 Å². The normalized spacial score (nSPS) is 39.2. The Labute approximate surface area is 172 Å². The van der Waals surface area contributed by atoms with Crippen LogP contribution in [0.25, 0.3) is 0 Å². The van der Waals surface area contributed by atoms with Crippen molar-refractivity contribution in [2.24, 2.45) is 17.8 Å². The number of hydrogen-bond acceptors (Lipinski definition) is 0. The van der Waals surface area contributed by atoms with E-state index in [-0.39, 0.29) is 0 Å². The molecule has 4 heteroatoms. The maximum Gasteiger partial charge on any atom is 0.0448 e. The van der Waals surface area contributed by atoms with Crippen molar-refractivity contribution in [3.8, 4) is 0 Å². The Morgan fingerprint density at radius 1 is 0.731 bits per heavy atom. The largest absolute Gasteiger partial charge is 0.123 e. The zero-order valence-corrected chi connectivity index (χ0v) is 22.5. The van der Waals surface area contributed by atoms with E-state index >= 15 is 0 Å². The van der Waals surface area contributed by atoms with Gasteiger partial charge in [-0.15, -0.1) is 11.6 Å². The molecule has 0 bridgehead atoms. The molecule has 3 fully saturated rings. The topological polar surface area (TPSA) is 0 Å². The highest BCUT2D eigenvalue weighted by atomic mass is 35.5. The molecule has 0 saturated heterocycles. The Morgan fingerprint density at radius 2 is 1.42 bits per heavy atom. The fourth-order valence-electron chi connectivity index (χ4n) is 7.41. The van der Waals surface area contributed by atoms with Gasteiger partial charge in [-0.1, -0.05) is 90.4 Å². The summed E-state index contributed by atoms with van der Waals surface area (Å²) in [6.07, 6.45) is 11.9. The molecule has 0 aromatic carbocycles. The van der Waals surface area contributed by atoms with E-state index in [1.54, 1.807) is 25.3 Å². The van der Waals surface area contributed by atoms with Crippen LogP contribution in [0.3, 0.4) is 0 Å². The van der Waals surface area contributed by atoms with Gasteiger partial charge in [0, 0.05) is 28.6 Å². The highest BCUT2D eigenvalue weighted by molar-refractivity contribution is 7.41. The predicted molar refractivity (Wildman–Crippen MR) is 128 cm³/mol. The third-order valence-electron chi connectivity index (χ3n) is 9.41. The number of hydrogen-bond donors (Lipinski definition) is 0. The van der Waals surface area contributed by atoms with Crippen molar-refractivity contribution in [3.05, 3.63) is 0 Å². The first-order valence-electron chi connectivity index (χ1n) is 11.6. The van der Waals surface area contributed by atoms with Crippen molar-refractivity contribution in [3.63, 3.8) is 0 Å². The highest BCUT2D eigenvalue weighted by Gasteiger charge is 2.56. The maximum atomic E-state index is 6.79. The Morgan fingerprint density at radius 3 is 2.08 bits per heavy atom. The molecule has 3 saturated carbocycles. The molecule has 152 valence electrons. The molecule has 6 unspecified atom stereocenters. The summed E-state index contributed by atoms with van der Waals surface area (Å²) in [4.78, 5) is 0. The van der Waals surface area contributed by atoms with E-state index < -0.39 is 23.3 Å². The Bertz CT molecular complexity index is 496. The summed E-state index contributed by atoms with van der Waals surface area (Å²) in [7, 11) is -3.27. The lowest BCUT2D eigenvalue weighted by atomic mass is 9.81. The van der Waals surface area contributed by atoms with Crippen LogP contribution < -0.4 is 0 Å². The SMILES string of the molecule is C[Si](C)(C)CC1CCC([Si](C)(C)[Si](C)(C)C2CCC3C(Cl)CCCC32)C1. The molecule has 0 N–H and O–H groups in total. The van der Waals surface area contributed by atoms with Crippen LogP contribution in [0, 0.1) is 17.8 Å². The number of alkyl halides is 1. The van der Waals surface area contributed by atoms with Crippen LogP contribution in [-0.2, 0) is 0 Å². The number of rotatable bonds is 5. The summed E-state index contributed by atoms with van der Waals surface area (Å²) < 4.78 is 0. The molecule has 0 nitrogen and oxygen atoms in total. The third-order valence-corrected chi connectivity index (χ3v) is 32.5. The van der Waals surface area contributed by atoms with Crippen molar-refractivity contribution in [2.45, 2.75) is 120 Å². The molecule has 3 aliphatic rings. The second-order valence-electron chi connectivity index (χ2n) is 12.5. The molecule has 3 rings (SSSR count).